The standard InChI is InChI=1S/C23H26N4O4/c1-16(22-24-25-23(31-22)18-4-6-19(28-2)7-5-18)27-11-9-26(10-12-27)14-17-3-8-20-21(13-17)30-15-29-20/h3-8,13,16H,9-12,14-15H2,1-2H3/p+2/t16-/m1/s1. The molecule has 0 bridgehead atoms. The summed E-state index contributed by atoms with van der Waals surface area (Å²) in [4.78, 5) is 3.07. The summed E-state index contributed by atoms with van der Waals surface area (Å²) in [6, 6.07) is 14.1. The molecule has 8 nitrogen and oxygen atoms in total. The molecule has 0 unspecified atom stereocenters. The maximum atomic E-state index is 6.01. The van der Waals surface area contributed by atoms with E-state index in [2.05, 4.69) is 29.3 Å². The number of ether oxygens (including phenoxy) is 3. The molecule has 1 fully saturated rings. The van der Waals surface area contributed by atoms with Gasteiger partial charge in [-0.3, -0.25) is 0 Å². The van der Waals surface area contributed by atoms with Gasteiger partial charge in [0.05, 0.1) is 7.11 Å². The Balaban J connectivity index is 1.17. The van der Waals surface area contributed by atoms with Crippen LogP contribution in [-0.2, 0) is 6.54 Å². The molecule has 2 aliphatic heterocycles. The fraction of sp³-hybridized carbons (Fsp3) is 0.391. The molecule has 0 spiro atoms. The molecule has 1 atom stereocenters. The Labute approximate surface area is 181 Å². The summed E-state index contributed by atoms with van der Waals surface area (Å²) in [5.74, 6) is 3.76. The number of methoxy groups -OCH3 is 1. The second-order valence-electron chi connectivity index (χ2n) is 8.17. The summed E-state index contributed by atoms with van der Waals surface area (Å²) in [6.45, 7) is 7.84. The third kappa shape index (κ3) is 4.22. The maximum Gasteiger partial charge on any atom is 0.274 e. The van der Waals surface area contributed by atoms with E-state index in [0.29, 0.717) is 18.6 Å². The van der Waals surface area contributed by atoms with E-state index in [9.17, 15) is 0 Å². The zero-order chi connectivity index (χ0) is 21.2. The fourth-order valence-electron chi connectivity index (χ4n) is 4.31. The first-order valence-corrected chi connectivity index (χ1v) is 10.7. The molecule has 2 aromatic carbocycles. The molecular weight excluding hydrogens is 396 g/mol. The van der Waals surface area contributed by atoms with Crippen LogP contribution in [-0.4, -0.2) is 50.3 Å². The molecule has 0 saturated carbocycles. The average molecular weight is 425 g/mol. The van der Waals surface area contributed by atoms with Gasteiger partial charge in [0.1, 0.15) is 38.5 Å². The first kappa shape index (κ1) is 19.8. The lowest BCUT2D eigenvalue weighted by atomic mass is 10.1. The zero-order valence-corrected chi connectivity index (χ0v) is 17.9. The van der Waals surface area contributed by atoms with Crippen molar-refractivity contribution in [3.8, 4) is 28.7 Å². The van der Waals surface area contributed by atoms with Gasteiger partial charge in [-0.1, -0.05) is 0 Å². The number of hydrogen-bond donors (Lipinski definition) is 2. The van der Waals surface area contributed by atoms with Crippen LogP contribution < -0.4 is 24.0 Å². The Morgan fingerprint density at radius 3 is 2.52 bits per heavy atom. The van der Waals surface area contributed by atoms with Gasteiger partial charge in [-0.15, -0.1) is 10.2 Å². The molecule has 162 valence electrons. The minimum absolute atomic E-state index is 0.173. The molecule has 1 saturated heterocycles. The van der Waals surface area contributed by atoms with E-state index < -0.39 is 0 Å². The zero-order valence-electron chi connectivity index (χ0n) is 17.9. The van der Waals surface area contributed by atoms with Gasteiger partial charge >= 0.3 is 0 Å². The molecule has 0 amide bonds. The van der Waals surface area contributed by atoms with Crippen LogP contribution in [0.3, 0.4) is 0 Å². The largest absolute Gasteiger partial charge is 0.497 e. The molecule has 3 heterocycles. The van der Waals surface area contributed by atoms with Crippen molar-refractivity contribution >= 4 is 0 Å². The number of rotatable bonds is 6. The van der Waals surface area contributed by atoms with E-state index >= 15 is 0 Å². The van der Waals surface area contributed by atoms with Crippen LogP contribution in [0.4, 0.5) is 0 Å². The molecule has 0 radical (unpaired) electrons. The van der Waals surface area contributed by atoms with Gasteiger partial charge in [0.15, 0.2) is 17.5 Å². The molecule has 31 heavy (non-hydrogen) atoms. The molecule has 8 heteroatoms. The van der Waals surface area contributed by atoms with Crippen molar-refractivity contribution in [3.05, 3.63) is 53.9 Å². The molecule has 1 aromatic heterocycles. The van der Waals surface area contributed by atoms with Crippen LogP contribution in [0, 0.1) is 0 Å². The lowest BCUT2D eigenvalue weighted by Crippen LogP contribution is -3.27. The van der Waals surface area contributed by atoms with E-state index in [1.54, 1.807) is 12.0 Å². The number of quaternary nitrogens is 2. The van der Waals surface area contributed by atoms with Crippen LogP contribution >= 0.6 is 0 Å². The van der Waals surface area contributed by atoms with Crippen LogP contribution in [0.15, 0.2) is 46.9 Å². The summed E-state index contributed by atoms with van der Waals surface area (Å²) in [7, 11) is 1.65. The van der Waals surface area contributed by atoms with Crippen molar-refractivity contribution in [3.63, 3.8) is 0 Å². The second-order valence-corrected chi connectivity index (χ2v) is 8.17. The van der Waals surface area contributed by atoms with Crippen LogP contribution in [0.2, 0.25) is 0 Å². The topological polar surface area (TPSA) is 75.5 Å². The van der Waals surface area contributed by atoms with Crippen LogP contribution in [0.1, 0.15) is 24.4 Å². The molecule has 2 N–H and O–H groups in total. The van der Waals surface area contributed by atoms with Gasteiger partial charge in [0.25, 0.3) is 5.89 Å². The number of benzene rings is 2. The Morgan fingerprint density at radius 1 is 0.968 bits per heavy atom. The smallest absolute Gasteiger partial charge is 0.274 e. The summed E-state index contributed by atoms with van der Waals surface area (Å²) >= 11 is 0. The highest BCUT2D eigenvalue weighted by Crippen LogP contribution is 2.32. The van der Waals surface area contributed by atoms with Crippen molar-refractivity contribution in [1.82, 2.24) is 10.2 Å². The first-order valence-electron chi connectivity index (χ1n) is 10.7. The number of aromatic nitrogens is 2. The number of hydrogen-bond acceptors (Lipinski definition) is 6. The van der Waals surface area contributed by atoms with Crippen LogP contribution in [0.25, 0.3) is 11.5 Å². The van der Waals surface area contributed by atoms with Crippen molar-refractivity contribution in [2.45, 2.75) is 19.5 Å². The summed E-state index contributed by atoms with van der Waals surface area (Å²) in [5.41, 5.74) is 2.19. The normalized spacial score (nSPS) is 21.1. The van der Waals surface area contributed by atoms with Gasteiger partial charge in [-0.2, -0.15) is 0 Å². The summed E-state index contributed by atoms with van der Waals surface area (Å²) in [5, 5.41) is 8.59. The minimum atomic E-state index is 0.173. The van der Waals surface area contributed by atoms with Gasteiger partial charge in [-0.05, 0) is 49.4 Å². The highest BCUT2D eigenvalue weighted by molar-refractivity contribution is 5.54. The van der Waals surface area contributed by atoms with Crippen molar-refractivity contribution in [2.75, 3.05) is 40.1 Å². The van der Waals surface area contributed by atoms with Crippen molar-refractivity contribution in [2.24, 2.45) is 0 Å². The summed E-state index contributed by atoms with van der Waals surface area (Å²) in [6.07, 6.45) is 0. The number of piperazine rings is 1. The molecule has 2 aliphatic rings. The highest BCUT2D eigenvalue weighted by Gasteiger charge is 2.31. The fourth-order valence-corrected chi connectivity index (χ4v) is 4.31. The average Bonchev–Trinajstić information content (AvgIpc) is 3.49. The Kier molecular flexibility index (Phi) is 5.48. The van der Waals surface area contributed by atoms with Gasteiger partial charge in [0.2, 0.25) is 12.7 Å². The lowest BCUT2D eigenvalue weighted by molar-refractivity contribution is -1.03. The molecule has 0 aliphatic carbocycles. The highest BCUT2D eigenvalue weighted by atomic mass is 16.7. The summed E-state index contributed by atoms with van der Waals surface area (Å²) < 4.78 is 22.1. The lowest BCUT2D eigenvalue weighted by Gasteiger charge is -2.32. The third-order valence-corrected chi connectivity index (χ3v) is 6.25. The Bertz CT molecular complexity index is 1030. The number of nitrogens with one attached hydrogen (secondary N) is 2. The maximum absolute atomic E-state index is 6.01. The van der Waals surface area contributed by atoms with Crippen molar-refractivity contribution in [1.29, 1.82) is 0 Å². The molecular formula is C23H28N4O4+2. The third-order valence-electron chi connectivity index (χ3n) is 6.25. The Hall–Kier alpha value is -3.10. The van der Waals surface area contributed by atoms with Crippen molar-refractivity contribution < 1.29 is 28.4 Å². The number of nitrogens with zero attached hydrogens (tertiary/aromatic N) is 2. The van der Waals surface area contributed by atoms with E-state index in [0.717, 1.165) is 55.5 Å². The van der Waals surface area contributed by atoms with E-state index in [-0.39, 0.29) is 6.04 Å². The van der Waals surface area contributed by atoms with E-state index in [1.807, 2.05) is 30.3 Å². The minimum Gasteiger partial charge on any atom is -0.497 e. The first-order chi connectivity index (χ1) is 15.2. The van der Waals surface area contributed by atoms with Gasteiger partial charge < -0.3 is 28.4 Å². The predicted octanol–water partition coefficient (Wildman–Crippen LogP) is 0.519. The monoisotopic (exact) mass is 424 g/mol. The Morgan fingerprint density at radius 2 is 1.74 bits per heavy atom. The quantitative estimate of drug-likeness (QED) is 0.601. The predicted molar refractivity (Wildman–Crippen MR) is 112 cm³/mol. The van der Waals surface area contributed by atoms with E-state index in [1.165, 1.54) is 10.5 Å². The van der Waals surface area contributed by atoms with Gasteiger partial charge in [0, 0.05) is 11.1 Å². The molecule has 5 rings (SSSR count). The number of fused-ring (bicyclic) bond motifs is 1. The molecule has 3 aromatic rings. The SMILES string of the molecule is COc1ccc(-c2nnc([C@@H](C)[NH+]3CC[NH+](Cc4ccc5c(c4)OCO5)CC3)o2)cc1. The van der Waals surface area contributed by atoms with Crippen LogP contribution in [0.5, 0.6) is 17.2 Å². The van der Waals surface area contributed by atoms with E-state index in [4.69, 9.17) is 18.6 Å². The van der Waals surface area contributed by atoms with Gasteiger partial charge in [-0.25, -0.2) is 0 Å². The second kappa shape index (κ2) is 8.56.